The van der Waals surface area contributed by atoms with Gasteiger partial charge >= 0.3 is 18.5 Å². The summed E-state index contributed by atoms with van der Waals surface area (Å²) >= 11 is 1.26. The number of dihydropyridines is 1. The molecular weight excluding hydrogens is 487 g/mol. The average molecular weight is 510 g/mol. The zero-order chi connectivity index (χ0) is 25.8. The molecular formula is C24H22F3NO6S. The van der Waals surface area contributed by atoms with E-state index in [1.807, 2.05) is 0 Å². The number of hydrogen-bond acceptors (Lipinski definition) is 7. The van der Waals surface area contributed by atoms with Crippen molar-refractivity contribution in [3.05, 3.63) is 88.1 Å². The van der Waals surface area contributed by atoms with Crippen molar-refractivity contribution in [1.29, 1.82) is 0 Å². The number of benzene rings is 2. The number of alkyl halides is 3. The Hall–Kier alpha value is -3.60. The van der Waals surface area contributed by atoms with Crippen LogP contribution in [-0.2, 0) is 26.1 Å². The Morgan fingerprint density at radius 1 is 1.03 bits per heavy atom. The van der Waals surface area contributed by atoms with Crippen LogP contribution in [0.1, 0.15) is 36.5 Å². The van der Waals surface area contributed by atoms with E-state index >= 15 is 0 Å². The van der Waals surface area contributed by atoms with Crippen LogP contribution >= 0.6 is 11.8 Å². The molecule has 0 saturated carbocycles. The molecule has 0 saturated heterocycles. The lowest BCUT2D eigenvalue weighted by molar-refractivity contribution is -0.137. The molecule has 186 valence electrons. The third-order valence-electron chi connectivity index (χ3n) is 5.07. The minimum atomic E-state index is -4.46. The van der Waals surface area contributed by atoms with Gasteiger partial charge in [0.25, 0.3) is 0 Å². The quantitative estimate of drug-likeness (QED) is 0.331. The molecule has 1 heterocycles. The average Bonchev–Trinajstić information content (AvgIpc) is 2.80. The molecule has 1 aliphatic heterocycles. The van der Waals surface area contributed by atoms with Crippen molar-refractivity contribution in [1.82, 2.24) is 5.32 Å². The van der Waals surface area contributed by atoms with Gasteiger partial charge < -0.3 is 24.6 Å². The summed E-state index contributed by atoms with van der Waals surface area (Å²) in [5.74, 6) is -0.656. The van der Waals surface area contributed by atoms with Crippen molar-refractivity contribution in [2.45, 2.75) is 36.6 Å². The van der Waals surface area contributed by atoms with E-state index in [2.05, 4.69) is 10.1 Å². The van der Waals surface area contributed by atoms with E-state index in [1.165, 1.54) is 17.8 Å². The van der Waals surface area contributed by atoms with Gasteiger partial charge in [0.15, 0.2) is 0 Å². The van der Waals surface area contributed by atoms with E-state index in [4.69, 9.17) is 9.47 Å². The molecule has 0 amide bonds. The summed E-state index contributed by atoms with van der Waals surface area (Å²) in [6, 6.07) is 11.9. The number of carbonyl (C=O) groups is 2. The maximum Gasteiger partial charge on any atom is 0.513 e. The topological polar surface area (TPSA) is 94.1 Å². The fraction of sp³-hybridized carbons (Fsp3) is 0.250. The number of thioether (sulfide) groups is 1. The van der Waals surface area contributed by atoms with Crippen LogP contribution in [0.3, 0.4) is 0 Å². The molecule has 2 aromatic carbocycles. The van der Waals surface area contributed by atoms with Crippen molar-refractivity contribution in [2.75, 3.05) is 7.11 Å². The lowest BCUT2D eigenvalue weighted by Crippen LogP contribution is -2.29. The fourth-order valence-electron chi connectivity index (χ4n) is 3.58. The number of halogens is 3. The van der Waals surface area contributed by atoms with Gasteiger partial charge in [0.05, 0.1) is 24.1 Å². The molecule has 7 nitrogen and oxygen atoms in total. The Kier molecular flexibility index (Phi) is 8.00. The molecule has 0 bridgehead atoms. The fourth-order valence-corrected chi connectivity index (χ4v) is 4.61. The van der Waals surface area contributed by atoms with Gasteiger partial charge in [-0.05, 0) is 37.1 Å². The number of rotatable bonds is 6. The summed E-state index contributed by atoms with van der Waals surface area (Å²) in [6.07, 6.45) is -7.02. The first kappa shape index (κ1) is 26.0. The number of ether oxygens (including phenoxy) is 3. The molecule has 11 heteroatoms. The van der Waals surface area contributed by atoms with Crippen LogP contribution < -0.4 is 5.32 Å². The highest BCUT2D eigenvalue weighted by molar-refractivity contribution is 7.98. The zero-order valence-corrected chi connectivity index (χ0v) is 19.8. The summed E-state index contributed by atoms with van der Waals surface area (Å²) in [4.78, 5) is 24.0. The summed E-state index contributed by atoms with van der Waals surface area (Å²) in [5, 5.41) is 12.2. The number of methoxy groups -OCH3 is 1. The van der Waals surface area contributed by atoms with Crippen LogP contribution in [0.25, 0.3) is 0 Å². The number of hydrogen-bond donors (Lipinski definition) is 2. The third-order valence-corrected chi connectivity index (χ3v) is 6.23. The number of allylic oxidation sites excluding steroid dienone is 2. The van der Waals surface area contributed by atoms with Crippen molar-refractivity contribution >= 4 is 24.1 Å². The maximum atomic E-state index is 13.1. The molecule has 1 unspecified atom stereocenters. The van der Waals surface area contributed by atoms with Gasteiger partial charge in [-0.3, -0.25) is 0 Å². The van der Waals surface area contributed by atoms with Gasteiger partial charge in [0.1, 0.15) is 17.4 Å². The van der Waals surface area contributed by atoms with E-state index in [-0.39, 0.29) is 17.3 Å². The Labute approximate surface area is 203 Å². The van der Waals surface area contributed by atoms with Gasteiger partial charge in [-0.2, -0.15) is 13.2 Å². The predicted molar refractivity (Wildman–Crippen MR) is 121 cm³/mol. The molecule has 2 N–H and O–H groups in total. The highest BCUT2D eigenvalue weighted by Gasteiger charge is 2.36. The second-order valence-corrected chi connectivity index (χ2v) is 8.50. The van der Waals surface area contributed by atoms with Crippen molar-refractivity contribution in [2.24, 2.45) is 0 Å². The SMILES string of the molecule is COC(=O)OC1=C(C)NC(C)=C(OC(=O)O)C1c1ccccc1SCc1cccc(C(F)(F)F)c1. The van der Waals surface area contributed by atoms with Crippen molar-refractivity contribution < 1.29 is 42.1 Å². The van der Waals surface area contributed by atoms with Crippen LogP contribution in [0.5, 0.6) is 0 Å². The van der Waals surface area contributed by atoms with E-state index < -0.39 is 30.0 Å². The summed E-state index contributed by atoms with van der Waals surface area (Å²) in [6.45, 7) is 3.26. The van der Waals surface area contributed by atoms with Crippen LogP contribution in [0.4, 0.5) is 22.8 Å². The zero-order valence-electron chi connectivity index (χ0n) is 18.9. The summed E-state index contributed by atoms with van der Waals surface area (Å²) in [7, 11) is 1.14. The first-order valence-corrected chi connectivity index (χ1v) is 11.2. The standard InChI is InChI=1S/C24H22F3NO6S/c1-13-20(33-22(29)30)19(21(14(2)28-13)34-23(31)32-3)17-9-4-5-10-18(17)35-12-15-7-6-8-16(11-15)24(25,26)27/h4-11,19,28H,12H2,1-3H3,(H,29,30). The van der Waals surface area contributed by atoms with E-state index in [9.17, 15) is 27.9 Å². The van der Waals surface area contributed by atoms with Gasteiger partial charge in [-0.1, -0.05) is 36.4 Å². The molecule has 2 aromatic rings. The Morgan fingerprint density at radius 3 is 2.31 bits per heavy atom. The van der Waals surface area contributed by atoms with Crippen LogP contribution in [0.15, 0.2) is 76.3 Å². The van der Waals surface area contributed by atoms with Crippen LogP contribution in [0.2, 0.25) is 0 Å². The molecule has 35 heavy (non-hydrogen) atoms. The second kappa shape index (κ2) is 10.8. The minimum absolute atomic E-state index is 0.00544. The number of carboxylic acid groups (broad SMARTS) is 1. The van der Waals surface area contributed by atoms with Gasteiger partial charge in [0.2, 0.25) is 0 Å². The van der Waals surface area contributed by atoms with Crippen molar-refractivity contribution in [3.8, 4) is 0 Å². The van der Waals surface area contributed by atoms with E-state index in [0.717, 1.165) is 19.2 Å². The minimum Gasteiger partial charge on any atom is -0.449 e. The predicted octanol–water partition coefficient (Wildman–Crippen LogP) is 6.63. The van der Waals surface area contributed by atoms with Crippen molar-refractivity contribution in [3.63, 3.8) is 0 Å². The van der Waals surface area contributed by atoms with E-state index in [0.29, 0.717) is 27.4 Å². The molecule has 3 rings (SSSR count). The molecule has 0 aromatic heterocycles. The second-order valence-electron chi connectivity index (χ2n) is 7.49. The lowest BCUT2D eigenvalue weighted by atomic mass is 9.90. The molecule has 0 radical (unpaired) electrons. The lowest BCUT2D eigenvalue weighted by Gasteiger charge is -2.30. The normalized spacial score (nSPS) is 16.0. The highest BCUT2D eigenvalue weighted by atomic mass is 32.2. The molecule has 0 aliphatic carbocycles. The van der Waals surface area contributed by atoms with E-state index in [1.54, 1.807) is 44.2 Å². The molecule has 1 atom stereocenters. The third kappa shape index (κ3) is 6.30. The van der Waals surface area contributed by atoms with Gasteiger partial charge in [-0.25, -0.2) is 9.59 Å². The monoisotopic (exact) mass is 509 g/mol. The molecule has 0 spiro atoms. The van der Waals surface area contributed by atoms with Gasteiger partial charge in [-0.15, -0.1) is 11.8 Å². The maximum absolute atomic E-state index is 13.1. The Morgan fingerprint density at radius 2 is 1.69 bits per heavy atom. The first-order valence-electron chi connectivity index (χ1n) is 10.2. The largest absolute Gasteiger partial charge is 0.513 e. The molecule has 1 aliphatic rings. The number of carbonyl (C=O) groups excluding carboxylic acids is 1. The summed E-state index contributed by atoms with van der Waals surface area (Å²) in [5.41, 5.74) is 1.08. The Bertz CT molecular complexity index is 1190. The highest BCUT2D eigenvalue weighted by Crippen LogP contribution is 2.43. The van der Waals surface area contributed by atoms with Crippen LogP contribution in [-0.4, -0.2) is 24.5 Å². The Balaban J connectivity index is 2.02. The first-order chi connectivity index (χ1) is 16.5. The molecule has 0 fully saturated rings. The smallest absolute Gasteiger partial charge is 0.449 e. The summed E-state index contributed by atoms with van der Waals surface area (Å²) < 4.78 is 54.3. The van der Waals surface area contributed by atoms with Gasteiger partial charge in [0, 0.05) is 10.6 Å². The number of nitrogens with one attached hydrogen (secondary N) is 1. The van der Waals surface area contributed by atoms with Crippen LogP contribution in [0, 0.1) is 0 Å².